The van der Waals surface area contributed by atoms with Crippen LogP contribution in [-0.4, -0.2) is 11.0 Å². The molecule has 0 N–H and O–H groups in total. The fraction of sp³-hybridized carbons (Fsp3) is 0.176. The van der Waals surface area contributed by atoms with Gasteiger partial charge in [-0.15, -0.1) is 0 Å². The highest BCUT2D eigenvalue weighted by molar-refractivity contribution is 14.1. The Bertz CT molecular complexity index is 662. The second-order valence-corrected chi connectivity index (χ2v) is 6.11. The van der Waals surface area contributed by atoms with Gasteiger partial charge < -0.3 is 4.74 Å². The van der Waals surface area contributed by atoms with Crippen molar-refractivity contribution in [2.24, 2.45) is 0 Å². The Hall–Kier alpha value is -1.69. The van der Waals surface area contributed by atoms with Gasteiger partial charge in [0.15, 0.2) is 0 Å². The average molecular weight is 393 g/mol. The first-order valence-electron chi connectivity index (χ1n) is 6.60. The summed E-state index contributed by atoms with van der Waals surface area (Å²) in [6.45, 7) is 4.10. The molecule has 0 aliphatic rings. The molecule has 1 heterocycles. The van der Waals surface area contributed by atoms with E-state index in [1.165, 1.54) is 5.57 Å². The van der Waals surface area contributed by atoms with Gasteiger partial charge in [-0.3, -0.25) is 4.98 Å². The van der Waals surface area contributed by atoms with E-state index in [4.69, 9.17) is 4.74 Å². The zero-order valence-corrected chi connectivity index (χ0v) is 14.1. The standard InChI is InChI=1S/C17H16INO2/c1-12(2)3-4-14-11-15(18)5-6-16(14)21-17(20)13-7-9-19-10-8-13/h3,5-11H,4H2,1-2H3. The smallest absolute Gasteiger partial charge is 0.343 e. The highest BCUT2D eigenvalue weighted by Crippen LogP contribution is 2.23. The van der Waals surface area contributed by atoms with Crippen LogP contribution in [0.25, 0.3) is 0 Å². The molecule has 0 atom stereocenters. The van der Waals surface area contributed by atoms with E-state index in [0.29, 0.717) is 11.3 Å². The van der Waals surface area contributed by atoms with Gasteiger partial charge in [-0.2, -0.15) is 0 Å². The summed E-state index contributed by atoms with van der Waals surface area (Å²) < 4.78 is 6.64. The topological polar surface area (TPSA) is 39.2 Å². The van der Waals surface area contributed by atoms with Gasteiger partial charge in [0.2, 0.25) is 0 Å². The molecule has 4 heteroatoms. The van der Waals surface area contributed by atoms with Crippen LogP contribution in [0.15, 0.2) is 54.4 Å². The van der Waals surface area contributed by atoms with E-state index in [1.54, 1.807) is 24.5 Å². The molecule has 0 unspecified atom stereocenters. The summed E-state index contributed by atoms with van der Waals surface area (Å²) >= 11 is 2.25. The second kappa shape index (κ2) is 7.36. The lowest BCUT2D eigenvalue weighted by atomic mass is 10.1. The van der Waals surface area contributed by atoms with Crippen LogP contribution in [0, 0.1) is 3.57 Å². The van der Waals surface area contributed by atoms with Gasteiger partial charge in [0.25, 0.3) is 0 Å². The van der Waals surface area contributed by atoms with Crippen LogP contribution in [-0.2, 0) is 6.42 Å². The summed E-state index contributed by atoms with van der Waals surface area (Å²) in [4.78, 5) is 16.0. The molecular weight excluding hydrogens is 377 g/mol. The number of allylic oxidation sites excluding steroid dienone is 2. The van der Waals surface area contributed by atoms with Crippen LogP contribution in [0.1, 0.15) is 29.8 Å². The molecule has 21 heavy (non-hydrogen) atoms. The van der Waals surface area contributed by atoms with E-state index >= 15 is 0 Å². The molecule has 0 aliphatic heterocycles. The van der Waals surface area contributed by atoms with E-state index in [1.807, 2.05) is 18.2 Å². The number of aromatic nitrogens is 1. The molecule has 2 rings (SSSR count). The van der Waals surface area contributed by atoms with Gasteiger partial charge in [0, 0.05) is 16.0 Å². The lowest BCUT2D eigenvalue weighted by Gasteiger charge is -2.09. The number of carbonyl (C=O) groups is 1. The molecule has 1 aromatic heterocycles. The van der Waals surface area contributed by atoms with E-state index in [9.17, 15) is 4.79 Å². The molecular formula is C17H16INO2. The fourth-order valence-corrected chi connectivity index (χ4v) is 2.32. The number of rotatable bonds is 4. The lowest BCUT2D eigenvalue weighted by molar-refractivity contribution is 0.0733. The van der Waals surface area contributed by atoms with Gasteiger partial charge in [-0.25, -0.2) is 4.79 Å². The van der Waals surface area contributed by atoms with Gasteiger partial charge in [-0.1, -0.05) is 11.6 Å². The predicted molar refractivity (Wildman–Crippen MR) is 91.5 cm³/mol. The molecule has 0 amide bonds. The number of ether oxygens (including phenoxy) is 1. The zero-order chi connectivity index (χ0) is 15.2. The van der Waals surface area contributed by atoms with Crippen LogP contribution in [0.5, 0.6) is 5.75 Å². The quantitative estimate of drug-likeness (QED) is 0.334. The Balaban J connectivity index is 2.23. The molecule has 108 valence electrons. The maximum Gasteiger partial charge on any atom is 0.343 e. The highest BCUT2D eigenvalue weighted by Gasteiger charge is 2.11. The second-order valence-electron chi connectivity index (χ2n) is 4.86. The number of benzene rings is 1. The monoisotopic (exact) mass is 393 g/mol. The van der Waals surface area contributed by atoms with E-state index in [2.05, 4.69) is 47.5 Å². The van der Waals surface area contributed by atoms with Crippen LogP contribution in [0.4, 0.5) is 0 Å². The molecule has 0 fully saturated rings. The van der Waals surface area contributed by atoms with Crippen molar-refractivity contribution in [3.63, 3.8) is 0 Å². The molecule has 0 saturated heterocycles. The van der Waals surface area contributed by atoms with Crippen molar-refractivity contribution in [3.8, 4) is 5.75 Å². The zero-order valence-electron chi connectivity index (χ0n) is 12.0. The molecule has 0 radical (unpaired) electrons. The molecule has 2 aromatic rings. The van der Waals surface area contributed by atoms with Gasteiger partial charge in [-0.05, 0) is 78.8 Å². The largest absolute Gasteiger partial charge is 0.423 e. The molecule has 0 aliphatic carbocycles. The van der Waals surface area contributed by atoms with Crippen LogP contribution < -0.4 is 4.74 Å². The first kappa shape index (κ1) is 15.7. The number of carbonyl (C=O) groups excluding carboxylic acids is 1. The summed E-state index contributed by atoms with van der Waals surface area (Å²) in [5, 5.41) is 0. The first-order valence-corrected chi connectivity index (χ1v) is 7.68. The number of hydrogen-bond donors (Lipinski definition) is 0. The van der Waals surface area contributed by atoms with Crippen molar-refractivity contribution >= 4 is 28.6 Å². The molecule has 0 saturated carbocycles. The summed E-state index contributed by atoms with van der Waals surface area (Å²) in [5.41, 5.74) is 2.74. The van der Waals surface area contributed by atoms with Gasteiger partial charge in [0.05, 0.1) is 5.56 Å². The number of nitrogens with zero attached hydrogens (tertiary/aromatic N) is 1. The maximum atomic E-state index is 12.1. The van der Waals surface area contributed by atoms with Crippen molar-refractivity contribution in [1.29, 1.82) is 0 Å². The maximum absolute atomic E-state index is 12.1. The predicted octanol–water partition coefficient (Wildman–Crippen LogP) is 4.41. The normalized spacial score (nSPS) is 10.0. The van der Waals surface area contributed by atoms with E-state index in [0.717, 1.165) is 15.6 Å². The van der Waals surface area contributed by atoms with Crippen molar-refractivity contribution in [2.45, 2.75) is 20.3 Å². The van der Waals surface area contributed by atoms with Crippen LogP contribution in [0.3, 0.4) is 0 Å². The number of hydrogen-bond acceptors (Lipinski definition) is 3. The molecule has 3 nitrogen and oxygen atoms in total. The minimum Gasteiger partial charge on any atom is -0.423 e. The third kappa shape index (κ3) is 4.67. The number of esters is 1. The molecule has 0 spiro atoms. The fourth-order valence-electron chi connectivity index (χ4n) is 1.77. The minimum atomic E-state index is -0.364. The molecule has 1 aromatic carbocycles. The Morgan fingerprint density at radius 3 is 2.62 bits per heavy atom. The SMILES string of the molecule is CC(C)=CCc1cc(I)ccc1OC(=O)c1ccncc1. The van der Waals surface area contributed by atoms with Crippen LogP contribution >= 0.6 is 22.6 Å². The summed E-state index contributed by atoms with van der Waals surface area (Å²) in [6, 6.07) is 9.10. The third-order valence-corrected chi connectivity index (χ3v) is 3.54. The van der Waals surface area contributed by atoms with Gasteiger partial charge in [0.1, 0.15) is 5.75 Å². The summed E-state index contributed by atoms with van der Waals surface area (Å²) in [5.74, 6) is 0.242. The Kier molecular flexibility index (Phi) is 5.50. The molecule has 0 bridgehead atoms. The van der Waals surface area contributed by atoms with E-state index < -0.39 is 0 Å². The Morgan fingerprint density at radius 2 is 1.95 bits per heavy atom. The highest BCUT2D eigenvalue weighted by atomic mass is 127. The Labute approximate surface area is 138 Å². The number of halogens is 1. The summed E-state index contributed by atoms with van der Waals surface area (Å²) in [7, 11) is 0. The number of pyridine rings is 1. The lowest BCUT2D eigenvalue weighted by Crippen LogP contribution is -2.10. The summed E-state index contributed by atoms with van der Waals surface area (Å²) in [6.07, 6.45) is 6.02. The first-order chi connectivity index (χ1) is 10.1. The third-order valence-electron chi connectivity index (χ3n) is 2.87. The Morgan fingerprint density at radius 1 is 1.24 bits per heavy atom. The van der Waals surface area contributed by atoms with Gasteiger partial charge >= 0.3 is 5.97 Å². The van der Waals surface area contributed by atoms with Crippen molar-refractivity contribution < 1.29 is 9.53 Å². The minimum absolute atomic E-state index is 0.364. The van der Waals surface area contributed by atoms with Crippen molar-refractivity contribution in [3.05, 3.63) is 69.1 Å². The average Bonchev–Trinajstić information content (AvgIpc) is 2.48. The van der Waals surface area contributed by atoms with Crippen molar-refractivity contribution in [1.82, 2.24) is 4.98 Å². The van der Waals surface area contributed by atoms with E-state index in [-0.39, 0.29) is 5.97 Å². The van der Waals surface area contributed by atoms with Crippen LogP contribution in [0.2, 0.25) is 0 Å². The van der Waals surface area contributed by atoms with Crippen molar-refractivity contribution in [2.75, 3.05) is 0 Å².